The summed E-state index contributed by atoms with van der Waals surface area (Å²) in [7, 11) is -4.05. The molecule has 0 radical (unpaired) electrons. The summed E-state index contributed by atoms with van der Waals surface area (Å²) in [5.41, 5.74) is 0. The third-order valence-electron chi connectivity index (χ3n) is 2.60. The van der Waals surface area contributed by atoms with Crippen molar-refractivity contribution in [3.05, 3.63) is 48.3 Å². The van der Waals surface area contributed by atoms with Gasteiger partial charge in [0.2, 0.25) is 10.0 Å². The summed E-state index contributed by atoms with van der Waals surface area (Å²) in [5, 5.41) is 3.96. The van der Waals surface area contributed by atoms with E-state index in [0.29, 0.717) is 19.0 Å². The number of hydrogen-bond acceptors (Lipinski definition) is 3. The number of hydrogen-bond donors (Lipinski definition) is 1. The number of nitrogens with zero attached hydrogens (tertiary/aromatic N) is 2. The molecule has 0 amide bonds. The maximum Gasteiger partial charge on any atom is 0.243 e. The number of aromatic nitrogens is 2. The number of benzene rings is 1. The fourth-order valence-corrected chi connectivity index (χ4v) is 2.80. The Morgan fingerprint density at radius 3 is 2.80 bits per heavy atom. The Labute approximate surface area is 115 Å². The van der Waals surface area contributed by atoms with Gasteiger partial charge in [-0.3, -0.25) is 4.68 Å². The van der Waals surface area contributed by atoms with Crippen LogP contribution < -0.4 is 4.72 Å². The summed E-state index contributed by atoms with van der Waals surface area (Å²) in [5.74, 6) is -1.78. The van der Waals surface area contributed by atoms with Gasteiger partial charge in [0.05, 0.1) is 0 Å². The molecule has 2 rings (SSSR count). The minimum atomic E-state index is -4.05. The summed E-state index contributed by atoms with van der Waals surface area (Å²) >= 11 is 0. The largest absolute Gasteiger partial charge is 0.273 e. The first kappa shape index (κ1) is 14.6. The minimum Gasteiger partial charge on any atom is -0.273 e. The summed E-state index contributed by atoms with van der Waals surface area (Å²) in [6, 6.07) is 4.07. The SMILES string of the molecule is O=S(=O)(NCCCn1cccn1)c1cc(F)ccc1F. The molecule has 1 N–H and O–H groups in total. The molecule has 1 aromatic heterocycles. The quantitative estimate of drug-likeness (QED) is 0.823. The van der Waals surface area contributed by atoms with Gasteiger partial charge in [-0.2, -0.15) is 5.10 Å². The van der Waals surface area contributed by atoms with E-state index in [1.54, 1.807) is 23.1 Å². The van der Waals surface area contributed by atoms with Gasteiger partial charge in [-0.1, -0.05) is 0 Å². The zero-order valence-electron chi connectivity index (χ0n) is 10.5. The molecule has 0 bridgehead atoms. The topological polar surface area (TPSA) is 64.0 Å². The first-order valence-corrected chi connectivity index (χ1v) is 7.39. The standard InChI is InChI=1S/C12H13F2N3O2S/c13-10-3-4-11(14)12(9-10)20(18,19)16-6-2-8-17-7-1-5-15-17/h1,3-5,7,9,16H,2,6,8H2. The predicted molar refractivity (Wildman–Crippen MR) is 68.4 cm³/mol. The lowest BCUT2D eigenvalue weighted by Crippen LogP contribution is -2.26. The van der Waals surface area contributed by atoms with Gasteiger partial charge in [0.15, 0.2) is 0 Å². The van der Waals surface area contributed by atoms with Crippen molar-refractivity contribution >= 4 is 10.0 Å². The molecule has 108 valence electrons. The number of nitrogens with one attached hydrogen (secondary N) is 1. The molecule has 0 fully saturated rings. The Kier molecular flexibility index (Phi) is 4.46. The van der Waals surface area contributed by atoms with Gasteiger partial charge < -0.3 is 0 Å². The van der Waals surface area contributed by atoms with E-state index in [-0.39, 0.29) is 6.54 Å². The molecule has 0 aliphatic heterocycles. The lowest BCUT2D eigenvalue weighted by atomic mass is 10.3. The van der Waals surface area contributed by atoms with Gasteiger partial charge in [-0.15, -0.1) is 0 Å². The van der Waals surface area contributed by atoms with Crippen LogP contribution in [0.25, 0.3) is 0 Å². The Hall–Kier alpha value is -1.80. The molecule has 0 atom stereocenters. The average Bonchev–Trinajstić information content (AvgIpc) is 2.90. The van der Waals surface area contributed by atoms with Crippen LogP contribution in [0.4, 0.5) is 8.78 Å². The van der Waals surface area contributed by atoms with E-state index in [0.717, 1.165) is 12.1 Å². The van der Waals surface area contributed by atoms with Crippen LogP contribution in [-0.4, -0.2) is 24.7 Å². The highest BCUT2D eigenvalue weighted by atomic mass is 32.2. The second-order valence-electron chi connectivity index (χ2n) is 4.10. The molecule has 5 nitrogen and oxygen atoms in total. The van der Waals surface area contributed by atoms with Crippen molar-refractivity contribution in [2.75, 3.05) is 6.54 Å². The smallest absolute Gasteiger partial charge is 0.243 e. The van der Waals surface area contributed by atoms with Crippen LogP contribution >= 0.6 is 0 Å². The number of aryl methyl sites for hydroxylation is 1. The van der Waals surface area contributed by atoms with Gasteiger partial charge >= 0.3 is 0 Å². The fraction of sp³-hybridized carbons (Fsp3) is 0.250. The molecule has 0 saturated heterocycles. The summed E-state index contributed by atoms with van der Waals surface area (Å²) < 4.78 is 53.9. The molecule has 1 heterocycles. The molecule has 20 heavy (non-hydrogen) atoms. The highest BCUT2D eigenvalue weighted by molar-refractivity contribution is 7.89. The molecule has 0 aliphatic carbocycles. The van der Waals surface area contributed by atoms with Crippen LogP contribution in [-0.2, 0) is 16.6 Å². The molecule has 0 unspecified atom stereocenters. The van der Waals surface area contributed by atoms with Crippen molar-refractivity contribution < 1.29 is 17.2 Å². The van der Waals surface area contributed by atoms with E-state index in [1.165, 1.54) is 0 Å². The van der Waals surface area contributed by atoms with Gasteiger partial charge in [0.25, 0.3) is 0 Å². The first-order valence-electron chi connectivity index (χ1n) is 5.91. The van der Waals surface area contributed by atoms with Crippen LogP contribution in [0.3, 0.4) is 0 Å². The third-order valence-corrected chi connectivity index (χ3v) is 4.07. The van der Waals surface area contributed by atoms with E-state index in [4.69, 9.17) is 0 Å². The predicted octanol–water partition coefficient (Wildman–Crippen LogP) is 1.53. The molecule has 0 aliphatic rings. The van der Waals surface area contributed by atoms with Crippen LogP contribution in [0.5, 0.6) is 0 Å². The van der Waals surface area contributed by atoms with Gasteiger partial charge in [-0.25, -0.2) is 21.9 Å². The first-order chi connectivity index (χ1) is 9.49. The molecule has 0 saturated carbocycles. The zero-order chi connectivity index (χ0) is 14.6. The summed E-state index contributed by atoms with van der Waals surface area (Å²) in [4.78, 5) is -0.684. The highest BCUT2D eigenvalue weighted by Gasteiger charge is 2.19. The molecule has 8 heteroatoms. The maximum absolute atomic E-state index is 13.4. The van der Waals surface area contributed by atoms with Gasteiger partial charge in [0, 0.05) is 25.5 Å². The van der Waals surface area contributed by atoms with E-state index >= 15 is 0 Å². The molecular formula is C12H13F2N3O2S. The fourth-order valence-electron chi connectivity index (χ4n) is 1.64. The lowest BCUT2D eigenvalue weighted by molar-refractivity contribution is 0.535. The third kappa shape index (κ3) is 3.61. The van der Waals surface area contributed by atoms with Crippen molar-refractivity contribution in [1.82, 2.24) is 14.5 Å². The van der Waals surface area contributed by atoms with E-state index in [9.17, 15) is 17.2 Å². The lowest BCUT2D eigenvalue weighted by Gasteiger charge is -2.08. The Balaban J connectivity index is 1.95. The second-order valence-corrected chi connectivity index (χ2v) is 5.83. The van der Waals surface area contributed by atoms with Crippen molar-refractivity contribution in [2.24, 2.45) is 0 Å². The maximum atomic E-state index is 13.4. The van der Waals surface area contributed by atoms with E-state index < -0.39 is 26.6 Å². The molecular weight excluding hydrogens is 288 g/mol. The molecule has 1 aromatic carbocycles. The van der Waals surface area contributed by atoms with Crippen LogP contribution in [0.2, 0.25) is 0 Å². The Bertz CT molecular complexity index is 672. The zero-order valence-corrected chi connectivity index (χ0v) is 11.3. The Morgan fingerprint density at radius 1 is 1.30 bits per heavy atom. The van der Waals surface area contributed by atoms with Gasteiger partial charge in [-0.05, 0) is 30.7 Å². The van der Waals surface area contributed by atoms with Crippen molar-refractivity contribution in [1.29, 1.82) is 0 Å². The van der Waals surface area contributed by atoms with Crippen molar-refractivity contribution in [2.45, 2.75) is 17.9 Å². The van der Waals surface area contributed by atoms with Gasteiger partial charge in [0.1, 0.15) is 16.5 Å². The monoisotopic (exact) mass is 301 g/mol. The minimum absolute atomic E-state index is 0.109. The number of halogens is 2. The molecule has 2 aromatic rings. The van der Waals surface area contributed by atoms with Crippen molar-refractivity contribution in [3.63, 3.8) is 0 Å². The number of rotatable bonds is 6. The van der Waals surface area contributed by atoms with Crippen LogP contribution in [0.1, 0.15) is 6.42 Å². The normalized spacial score (nSPS) is 11.7. The molecule has 0 spiro atoms. The van der Waals surface area contributed by atoms with Crippen LogP contribution in [0, 0.1) is 11.6 Å². The highest BCUT2D eigenvalue weighted by Crippen LogP contribution is 2.15. The number of sulfonamides is 1. The average molecular weight is 301 g/mol. The van der Waals surface area contributed by atoms with E-state index in [2.05, 4.69) is 9.82 Å². The second kappa shape index (κ2) is 6.10. The summed E-state index contributed by atoms with van der Waals surface area (Å²) in [6.07, 6.45) is 3.85. The van der Waals surface area contributed by atoms with E-state index in [1.807, 2.05) is 0 Å². The van der Waals surface area contributed by atoms with Crippen LogP contribution in [0.15, 0.2) is 41.6 Å². The summed E-state index contributed by atoms with van der Waals surface area (Å²) in [6.45, 7) is 0.638. The Morgan fingerprint density at radius 2 is 2.10 bits per heavy atom. The van der Waals surface area contributed by atoms with Crippen molar-refractivity contribution in [3.8, 4) is 0 Å².